The van der Waals surface area contributed by atoms with E-state index in [1.807, 2.05) is 24.4 Å². The lowest BCUT2D eigenvalue weighted by atomic mass is 10.1. The number of pyridine rings is 1. The summed E-state index contributed by atoms with van der Waals surface area (Å²) in [5.41, 5.74) is 8.40. The molecule has 0 fully saturated rings. The van der Waals surface area contributed by atoms with Crippen molar-refractivity contribution >= 4 is 65.8 Å². The summed E-state index contributed by atoms with van der Waals surface area (Å²) in [6.45, 7) is 0. The molecule has 5 aromatic heterocycles. The summed E-state index contributed by atoms with van der Waals surface area (Å²) in [6.07, 6.45) is 1.86. The van der Waals surface area contributed by atoms with Crippen molar-refractivity contribution in [2.45, 2.75) is 0 Å². The third-order valence-electron chi connectivity index (χ3n) is 8.90. The second-order valence-electron chi connectivity index (χ2n) is 11.2. The Morgan fingerprint density at radius 3 is 1.89 bits per heavy atom. The molecule has 10 aromatic rings. The van der Waals surface area contributed by atoms with Crippen LogP contribution in [-0.4, -0.2) is 18.7 Å². The molecule has 5 heterocycles. The predicted molar refractivity (Wildman–Crippen MR) is 180 cm³/mol. The highest BCUT2D eigenvalue weighted by Crippen LogP contribution is 2.43. The molecule has 0 aliphatic carbocycles. The molecule has 0 amide bonds. The van der Waals surface area contributed by atoms with Gasteiger partial charge in [-0.1, -0.05) is 78.9 Å². The van der Waals surface area contributed by atoms with E-state index in [0.717, 1.165) is 66.8 Å². The van der Waals surface area contributed by atoms with Crippen LogP contribution in [0.15, 0.2) is 150 Å². The minimum atomic E-state index is 0.856. The van der Waals surface area contributed by atoms with Crippen LogP contribution in [0.3, 0.4) is 0 Å². The molecule has 44 heavy (non-hydrogen) atoms. The van der Waals surface area contributed by atoms with Crippen molar-refractivity contribution in [3.8, 4) is 17.2 Å². The SMILES string of the molecule is c1ccc(-n2c3ccc(-n4c5ccccc5c5c6ccccc6n(-c6ccccn6)c54)cc3c3c4ccccc4oc32)cc1. The van der Waals surface area contributed by atoms with Gasteiger partial charge in [-0.2, -0.15) is 0 Å². The van der Waals surface area contributed by atoms with Crippen molar-refractivity contribution in [1.82, 2.24) is 18.7 Å². The van der Waals surface area contributed by atoms with Gasteiger partial charge in [0, 0.05) is 44.5 Å². The van der Waals surface area contributed by atoms with Gasteiger partial charge in [0.15, 0.2) is 0 Å². The van der Waals surface area contributed by atoms with E-state index in [4.69, 9.17) is 9.40 Å². The van der Waals surface area contributed by atoms with Crippen LogP contribution in [0.4, 0.5) is 0 Å². The number of fused-ring (bicyclic) bond motifs is 10. The van der Waals surface area contributed by atoms with E-state index < -0.39 is 0 Å². The van der Waals surface area contributed by atoms with Gasteiger partial charge in [0.1, 0.15) is 17.0 Å². The van der Waals surface area contributed by atoms with Crippen LogP contribution < -0.4 is 0 Å². The summed E-state index contributed by atoms with van der Waals surface area (Å²) in [5, 5.41) is 7.04. The van der Waals surface area contributed by atoms with Crippen LogP contribution in [0, 0.1) is 0 Å². The first-order valence-corrected chi connectivity index (χ1v) is 14.8. The molecule has 0 N–H and O–H groups in total. The lowest BCUT2D eigenvalue weighted by Crippen LogP contribution is -2.03. The summed E-state index contributed by atoms with van der Waals surface area (Å²) in [5.74, 6) is 0.891. The third kappa shape index (κ3) is 3.05. The van der Waals surface area contributed by atoms with Crippen LogP contribution >= 0.6 is 0 Å². The van der Waals surface area contributed by atoms with Gasteiger partial charge in [-0.25, -0.2) is 4.98 Å². The minimum absolute atomic E-state index is 0.856. The molecule has 0 radical (unpaired) electrons. The average Bonchev–Trinajstić information content (AvgIpc) is 3.80. The lowest BCUT2D eigenvalue weighted by molar-refractivity contribution is 0.645. The van der Waals surface area contributed by atoms with E-state index in [-0.39, 0.29) is 0 Å². The summed E-state index contributed by atoms with van der Waals surface area (Å²) in [6, 6.07) is 49.0. The van der Waals surface area contributed by atoms with Gasteiger partial charge in [0.05, 0.1) is 21.9 Å². The quantitative estimate of drug-likeness (QED) is 0.214. The highest BCUT2D eigenvalue weighted by atomic mass is 16.3. The molecule has 10 rings (SSSR count). The molecular formula is C39H24N4O. The Kier molecular flexibility index (Phi) is 4.66. The third-order valence-corrected chi connectivity index (χ3v) is 8.90. The zero-order valence-corrected chi connectivity index (χ0v) is 23.6. The molecule has 5 heteroatoms. The maximum absolute atomic E-state index is 6.55. The zero-order valence-electron chi connectivity index (χ0n) is 23.6. The number of aromatic nitrogens is 4. The molecule has 5 nitrogen and oxygen atoms in total. The van der Waals surface area contributed by atoms with Crippen LogP contribution in [-0.2, 0) is 0 Å². The van der Waals surface area contributed by atoms with Crippen LogP contribution in [0.1, 0.15) is 0 Å². The summed E-state index contributed by atoms with van der Waals surface area (Å²) >= 11 is 0. The van der Waals surface area contributed by atoms with Crippen molar-refractivity contribution in [3.63, 3.8) is 0 Å². The van der Waals surface area contributed by atoms with Gasteiger partial charge in [0.25, 0.3) is 0 Å². The molecule has 0 aliphatic rings. The Labute approximate surface area is 251 Å². The van der Waals surface area contributed by atoms with Gasteiger partial charge in [0.2, 0.25) is 5.71 Å². The lowest BCUT2D eigenvalue weighted by Gasteiger charge is -2.13. The number of hydrogen-bond donors (Lipinski definition) is 0. The van der Waals surface area contributed by atoms with Crippen molar-refractivity contribution in [1.29, 1.82) is 0 Å². The first-order valence-electron chi connectivity index (χ1n) is 14.8. The van der Waals surface area contributed by atoms with Gasteiger partial charge >= 0.3 is 0 Å². The molecule has 206 valence electrons. The topological polar surface area (TPSA) is 40.8 Å². The standard InChI is InChI=1S/C39H24N4O/c1-2-12-25(13-3-1)42-33-22-21-26(24-30(33)37-29-16-6-9-19-34(29)44-39(37)42)41-31-17-7-4-14-27(31)36-28-15-5-8-18-32(28)43(38(36)41)35-20-10-11-23-40-35/h1-24H. The molecule has 0 spiro atoms. The smallest absolute Gasteiger partial charge is 0.213 e. The second kappa shape index (κ2) is 8.72. The van der Waals surface area contributed by atoms with Crippen LogP contribution in [0.25, 0.3) is 83.0 Å². The van der Waals surface area contributed by atoms with Crippen molar-refractivity contribution < 1.29 is 4.42 Å². The molecule has 5 aromatic carbocycles. The normalized spacial score (nSPS) is 12.1. The number of para-hydroxylation sites is 4. The van der Waals surface area contributed by atoms with E-state index in [1.165, 1.54) is 16.2 Å². The van der Waals surface area contributed by atoms with Crippen LogP contribution in [0.5, 0.6) is 0 Å². The van der Waals surface area contributed by atoms with Gasteiger partial charge in [-0.15, -0.1) is 0 Å². The van der Waals surface area contributed by atoms with Crippen molar-refractivity contribution in [2.75, 3.05) is 0 Å². The van der Waals surface area contributed by atoms with E-state index in [2.05, 4.69) is 135 Å². The monoisotopic (exact) mass is 564 g/mol. The molecular weight excluding hydrogens is 540 g/mol. The van der Waals surface area contributed by atoms with Crippen molar-refractivity contribution in [3.05, 3.63) is 146 Å². The Balaban J connectivity index is 1.38. The number of nitrogens with zero attached hydrogens (tertiary/aromatic N) is 4. The fourth-order valence-corrected chi connectivity index (χ4v) is 7.13. The molecule has 0 aliphatic heterocycles. The van der Waals surface area contributed by atoms with Crippen molar-refractivity contribution in [2.24, 2.45) is 0 Å². The first kappa shape index (κ1) is 23.5. The first-order chi connectivity index (χ1) is 21.9. The van der Waals surface area contributed by atoms with E-state index in [0.29, 0.717) is 0 Å². The zero-order chi connectivity index (χ0) is 28.8. The Morgan fingerprint density at radius 1 is 0.455 bits per heavy atom. The Morgan fingerprint density at radius 2 is 1.11 bits per heavy atom. The fourth-order valence-electron chi connectivity index (χ4n) is 7.13. The maximum Gasteiger partial charge on any atom is 0.213 e. The number of rotatable bonds is 3. The fraction of sp³-hybridized carbons (Fsp3) is 0. The molecule has 0 atom stereocenters. The summed E-state index contributed by atoms with van der Waals surface area (Å²) in [4.78, 5) is 4.82. The molecule has 0 bridgehead atoms. The summed E-state index contributed by atoms with van der Waals surface area (Å²) < 4.78 is 13.5. The van der Waals surface area contributed by atoms with E-state index >= 15 is 0 Å². The number of benzene rings is 5. The minimum Gasteiger partial charge on any atom is -0.439 e. The predicted octanol–water partition coefficient (Wildman–Crippen LogP) is 9.97. The van der Waals surface area contributed by atoms with Crippen LogP contribution in [0.2, 0.25) is 0 Å². The number of furan rings is 1. The number of hydrogen-bond acceptors (Lipinski definition) is 2. The Bertz CT molecular complexity index is 2710. The molecule has 0 saturated heterocycles. The second-order valence-corrected chi connectivity index (χ2v) is 11.2. The van der Waals surface area contributed by atoms with E-state index in [1.54, 1.807) is 0 Å². The van der Waals surface area contributed by atoms with E-state index in [9.17, 15) is 0 Å². The van der Waals surface area contributed by atoms with Gasteiger partial charge in [-0.05, 0) is 60.7 Å². The highest BCUT2D eigenvalue weighted by Gasteiger charge is 2.24. The highest BCUT2D eigenvalue weighted by molar-refractivity contribution is 6.23. The Hall–Kier alpha value is -6.07. The van der Waals surface area contributed by atoms with Gasteiger partial charge in [-0.3, -0.25) is 13.7 Å². The molecule has 0 unspecified atom stereocenters. The maximum atomic E-state index is 6.55. The molecule has 0 saturated carbocycles. The largest absolute Gasteiger partial charge is 0.439 e. The summed E-state index contributed by atoms with van der Waals surface area (Å²) in [7, 11) is 0. The average molecular weight is 565 g/mol. The van der Waals surface area contributed by atoms with Gasteiger partial charge < -0.3 is 4.42 Å².